The van der Waals surface area contributed by atoms with Gasteiger partial charge < -0.3 is 9.15 Å². The number of benzene rings is 1. The van der Waals surface area contributed by atoms with E-state index in [1.807, 2.05) is 37.3 Å². The number of nitrogens with one attached hydrogen (secondary N) is 1. The third kappa shape index (κ3) is 6.25. The maximum absolute atomic E-state index is 9.20. The van der Waals surface area contributed by atoms with Crippen LogP contribution >= 0.6 is 0 Å². The van der Waals surface area contributed by atoms with Crippen molar-refractivity contribution in [2.75, 3.05) is 12.0 Å². The Labute approximate surface area is 154 Å². The van der Waals surface area contributed by atoms with Crippen molar-refractivity contribution in [3.05, 3.63) is 41.4 Å². The second-order valence-electron chi connectivity index (χ2n) is 5.94. The monoisotopic (exact) mass is 354 g/mol. The summed E-state index contributed by atoms with van der Waals surface area (Å²) in [6.07, 6.45) is 8.24. The van der Waals surface area contributed by atoms with Crippen molar-refractivity contribution in [2.24, 2.45) is 5.10 Å². The highest BCUT2D eigenvalue weighted by molar-refractivity contribution is 5.80. The molecule has 0 aliphatic rings. The number of ether oxygens (including phenoxy) is 1. The predicted octanol–water partition coefficient (Wildman–Crippen LogP) is 4.90. The fourth-order valence-corrected chi connectivity index (χ4v) is 2.52. The third-order valence-electron chi connectivity index (χ3n) is 3.82. The fourth-order valence-electron chi connectivity index (χ4n) is 2.52. The molecule has 0 unspecified atom stereocenters. The molecule has 0 aliphatic carbocycles. The first kappa shape index (κ1) is 19.5. The van der Waals surface area contributed by atoms with Gasteiger partial charge in [-0.25, -0.2) is 10.4 Å². The van der Waals surface area contributed by atoms with E-state index in [-0.39, 0.29) is 11.6 Å². The van der Waals surface area contributed by atoms with E-state index in [4.69, 9.17) is 9.15 Å². The van der Waals surface area contributed by atoms with Crippen molar-refractivity contribution in [3.63, 3.8) is 0 Å². The molecule has 0 radical (unpaired) electrons. The number of hydrogen-bond acceptors (Lipinski definition) is 6. The highest BCUT2D eigenvalue weighted by Crippen LogP contribution is 2.19. The van der Waals surface area contributed by atoms with Gasteiger partial charge in [-0.15, -0.1) is 0 Å². The van der Waals surface area contributed by atoms with Crippen LogP contribution in [0.25, 0.3) is 0 Å². The van der Waals surface area contributed by atoms with Crippen molar-refractivity contribution >= 4 is 12.1 Å². The average molecular weight is 354 g/mol. The summed E-state index contributed by atoms with van der Waals surface area (Å²) in [5.74, 6) is 1.65. The second-order valence-corrected chi connectivity index (χ2v) is 5.94. The molecule has 0 saturated heterocycles. The molecule has 0 amide bonds. The lowest BCUT2D eigenvalue weighted by Gasteiger charge is -2.02. The maximum Gasteiger partial charge on any atom is 0.252 e. The molecule has 1 N–H and O–H groups in total. The van der Waals surface area contributed by atoms with Gasteiger partial charge in [0.25, 0.3) is 5.88 Å². The molecule has 1 aromatic heterocycles. The molecule has 2 rings (SSSR count). The summed E-state index contributed by atoms with van der Waals surface area (Å²) >= 11 is 0. The molecule has 2 aromatic rings. The van der Waals surface area contributed by atoms with Crippen LogP contribution in [0.5, 0.6) is 5.75 Å². The molecule has 1 heterocycles. The Morgan fingerprint density at radius 3 is 2.88 bits per heavy atom. The van der Waals surface area contributed by atoms with Crippen molar-refractivity contribution in [2.45, 2.75) is 52.4 Å². The van der Waals surface area contributed by atoms with Crippen LogP contribution in [0.2, 0.25) is 0 Å². The Bertz CT molecular complexity index is 747. The fraction of sp³-hybridized carbons (Fsp3) is 0.450. The van der Waals surface area contributed by atoms with Crippen molar-refractivity contribution in [1.82, 2.24) is 4.98 Å². The van der Waals surface area contributed by atoms with Crippen LogP contribution in [0.3, 0.4) is 0 Å². The second kappa shape index (κ2) is 10.9. The van der Waals surface area contributed by atoms with Gasteiger partial charge in [-0.1, -0.05) is 44.7 Å². The summed E-state index contributed by atoms with van der Waals surface area (Å²) in [7, 11) is 0. The van der Waals surface area contributed by atoms with Gasteiger partial charge in [-0.05, 0) is 31.0 Å². The van der Waals surface area contributed by atoms with Gasteiger partial charge >= 0.3 is 0 Å². The van der Waals surface area contributed by atoms with Crippen LogP contribution in [0, 0.1) is 11.3 Å². The number of unbranched alkanes of at least 4 members (excludes halogenated alkanes) is 4. The van der Waals surface area contributed by atoms with Crippen molar-refractivity contribution in [3.8, 4) is 11.8 Å². The number of nitriles is 1. The Hall–Kier alpha value is -2.81. The number of hydrogen-bond donors (Lipinski definition) is 1. The maximum atomic E-state index is 9.20. The van der Waals surface area contributed by atoms with Crippen molar-refractivity contribution in [1.29, 1.82) is 5.26 Å². The number of hydrazone groups is 1. The number of aromatic nitrogens is 1. The summed E-state index contributed by atoms with van der Waals surface area (Å²) in [6, 6.07) is 9.64. The highest BCUT2D eigenvalue weighted by Gasteiger charge is 2.12. The summed E-state index contributed by atoms with van der Waals surface area (Å²) in [5.41, 5.74) is 3.89. The molecular weight excluding hydrogens is 328 g/mol. The molecule has 6 nitrogen and oxygen atoms in total. The first-order chi connectivity index (χ1) is 12.8. The summed E-state index contributed by atoms with van der Waals surface area (Å²) in [4.78, 5) is 4.23. The van der Waals surface area contributed by atoms with Crippen LogP contribution < -0.4 is 10.2 Å². The smallest absolute Gasteiger partial charge is 0.252 e. The zero-order valence-corrected chi connectivity index (χ0v) is 15.5. The van der Waals surface area contributed by atoms with E-state index in [1.165, 1.54) is 19.3 Å². The van der Waals surface area contributed by atoms with Gasteiger partial charge in [0.2, 0.25) is 5.69 Å². The number of anilines is 1. The van der Waals surface area contributed by atoms with E-state index >= 15 is 0 Å². The zero-order valence-electron chi connectivity index (χ0n) is 15.5. The minimum Gasteiger partial charge on any atom is -0.494 e. The Morgan fingerprint density at radius 2 is 2.12 bits per heavy atom. The first-order valence-electron chi connectivity index (χ1n) is 9.18. The van der Waals surface area contributed by atoms with Crippen LogP contribution in [0.4, 0.5) is 5.88 Å². The predicted molar refractivity (Wildman–Crippen MR) is 103 cm³/mol. The Morgan fingerprint density at radius 1 is 1.27 bits per heavy atom. The highest BCUT2D eigenvalue weighted by atomic mass is 16.5. The molecule has 0 bridgehead atoms. The zero-order chi connectivity index (χ0) is 18.6. The molecule has 1 aromatic carbocycles. The summed E-state index contributed by atoms with van der Waals surface area (Å²) < 4.78 is 11.1. The minimum absolute atomic E-state index is 0.230. The van der Waals surface area contributed by atoms with Gasteiger partial charge in [0, 0.05) is 6.42 Å². The molecule has 6 heteroatoms. The number of nitrogens with zero attached hydrogens (tertiary/aromatic N) is 3. The summed E-state index contributed by atoms with van der Waals surface area (Å²) in [5, 5.41) is 13.3. The van der Waals surface area contributed by atoms with E-state index < -0.39 is 0 Å². The van der Waals surface area contributed by atoms with Gasteiger partial charge in [0.05, 0.1) is 12.8 Å². The Balaban J connectivity index is 1.92. The van der Waals surface area contributed by atoms with Crippen LogP contribution in [0.15, 0.2) is 33.8 Å². The van der Waals surface area contributed by atoms with E-state index in [0.29, 0.717) is 12.5 Å². The summed E-state index contributed by atoms with van der Waals surface area (Å²) in [6.45, 7) is 4.75. The SMILES string of the molecule is CCCCCCCc1nc(C#N)c(N/N=C/c2cccc(OCC)c2)o1. The lowest BCUT2D eigenvalue weighted by molar-refractivity contribution is 0.340. The molecule has 0 spiro atoms. The number of aryl methyl sites for hydroxylation is 1. The van der Waals surface area contributed by atoms with E-state index in [1.54, 1.807) is 6.21 Å². The van der Waals surface area contributed by atoms with Gasteiger partial charge in [-0.3, -0.25) is 0 Å². The lowest BCUT2D eigenvalue weighted by atomic mass is 10.1. The number of rotatable bonds is 11. The molecule has 0 aliphatic heterocycles. The van der Waals surface area contributed by atoms with E-state index in [0.717, 1.165) is 30.6 Å². The number of oxazole rings is 1. The molecule has 138 valence electrons. The largest absolute Gasteiger partial charge is 0.494 e. The van der Waals surface area contributed by atoms with Gasteiger partial charge in [0.1, 0.15) is 11.8 Å². The molecule has 0 fully saturated rings. The van der Waals surface area contributed by atoms with Gasteiger partial charge in [0.15, 0.2) is 5.89 Å². The topological polar surface area (TPSA) is 83.4 Å². The molecule has 0 saturated carbocycles. The first-order valence-corrected chi connectivity index (χ1v) is 9.18. The Kier molecular flexibility index (Phi) is 8.20. The van der Waals surface area contributed by atoms with Crippen LogP contribution in [-0.2, 0) is 6.42 Å². The molecular formula is C20H26N4O2. The quantitative estimate of drug-likeness (QED) is 0.352. The minimum atomic E-state index is 0.230. The molecule has 26 heavy (non-hydrogen) atoms. The molecule has 0 atom stereocenters. The van der Waals surface area contributed by atoms with Crippen molar-refractivity contribution < 1.29 is 9.15 Å². The standard InChI is InChI=1S/C20H26N4O2/c1-3-5-6-7-8-12-19-23-18(14-21)20(26-19)24-22-15-16-10-9-11-17(13-16)25-4-2/h9-11,13,15,24H,3-8,12H2,1-2H3/b22-15+. The van der Waals surface area contributed by atoms with Crippen LogP contribution in [-0.4, -0.2) is 17.8 Å². The third-order valence-corrected chi connectivity index (χ3v) is 3.82. The average Bonchev–Trinajstić information content (AvgIpc) is 3.04. The van der Waals surface area contributed by atoms with Crippen LogP contribution in [0.1, 0.15) is 63.1 Å². The van der Waals surface area contributed by atoms with Gasteiger partial charge in [-0.2, -0.15) is 10.4 Å². The lowest BCUT2D eigenvalue weighted by Crippen LogP contribution is -1.94. The van der Waals surface area contributed by atoms with E-state index in [2.05, 4.69) is 22.4 Å². The normalized spacial score (nSPS) is 10.8. The van der Waals surface area contributed by atoms with E-state index in [9.17, 15) is 5.26 Å².